The summed E-state index contributed by atoms with van der Waals surface area (Å²) < 4.78 is 0. The van der Waals surface area contributed by atoms with Crippen molar-refractivity contribution in [3.8, 4) is 0 Å². The zero-order valence-electron chi connectivity index (χ0n) is 17.3. The first-order valence-electron chi connectivity index (χ1n) is 9.90. The van der Waals surface area contributed by atoms with E-state index in [2.05, 4.69) is 5.32 Å². The van der Waals surface area contributed by atoms with E-state index in [1.807, 2.05) is 0 Å². The average Bonchev–Trinajstić information content (AvgIpc) is 3.21. The molecule has 0 aromatic heterocycles. The molecule has 0 aliphatic carbocycles. The van der Waals surface area contributed by atoms with E-state index in [9.17, 15) is 29.4 Å². The lowest BCUT2D eigenvalue weighted by molar-refractivity contribution is -0.154. The summed E-state index contributed by atoms with van der Waals surface area (Å²) in [5.74, 6) is -7.50. The normalized spacial score (nSPS) is 26.1. The van der Waals surface area contributed by atoms with Crippen LogP contribution < -0.4 is 10.2 Å². The third kappa shape index (κ3) is 3.74. The summed E-state index contributed by atoms with van der Waals surface area (Å²) in [6.07, 6.45) is -0.965. The van der Waals surface area contributed by atoms with E-state index >= 15 is 0 Å². The van der Waals surface area contributed by atoms with Crippen LogP contribution in [-0.4, -0.2) is 39.5 Å². The van der Waals surface area contributed by atoms with E-state index in [0.717, 1.165) is 4.90 Å². The van der Waals surface area contributed by atoms with Crippen molar-refractivity contribution in [2.24, 2.45) is 11.8 Å². The van der Waals surface area contributed by atoms with Gasteiger partial charge < -0.3 is 10.2 Å². The largest absolute Gasteiger partial charge is 0.481 e. The number of carbonyl (C=O) groups excluding carboxylic acids is 2. The van der Waals surface area contributed by atoms with Gasteiger partial charge in [-0.05, 0) is 42.3 Å². The molecule has 34 heavy (non-hydrogen) atoms. The van der Waals surface area contributed by atoms with E-state index < -0.39 is 53.6 Å². The fraction of sp³-hybridized carbons (Fsp3) is 0.273. The lowest BCUT2D eigenvalue weighted by Gasteiger charge is -2.30. The monoisotopic (exact) mass is 544 g/mol. The van der Waals surface area contributed by atoms with Gasteiger partial charge >= 0.3 is 11.9 Å². The van der Waals surface area contributed by atoms with E-state index in [4.69, 9.17) is 46.4 Å². The van der Waals surface area contributed by atoms with Crippen molar-refractivity contribution in [3.63, 3.8) is 0 Å². The van der Waals surface area contributed by atoms with Gasteiger partial charge in [0.05, 0.1) is 34.0 Å². The molecule has 2 aromatic carbocycles. The molecule has 2 heterocycles. The second-order valence-electron chi connectivity index (χ2n) is 8.21. The summed E-state index contributed by atoms with van der Waals surface area (Å²) in [4.78, 5) is 52.2. The maximum Gasteiger partial charge on any atom is 0.325 e. The Morgan fingerprint density at radius 3 is 2.29 bits per heavy atom. The summed E-state index contributed by atoms with van der Waals surface area (Å²) in [5, 5.41) is 22.9. The van der Waals surface area contributed by atoms with Gasteiger partial charge in [0.1, 0.15) is 5.54 Å². The summed E-state index contributed by atoms with van der Waals surface area (Å²) in [5.41, 5.74) is -1.28. The molecule has 2 fully saturated rings. The van der Waals surface area contributed by atoms with Crippen molar-refractivity contribution in [2.75, 3.05) is 4.90 Å². The quantitative estimate of drug-likeness (QED) is 0.376. The molecule has 12 heteroatoms. The molecule has 3 N–H and O–H groups in total. The Labute approximate surface area is 213 Å². The molecule has 2 aliphatic rings. The summed E-state index contributed by atoms with van der Waals surface area (Å²) in [6.45, 7) is 1.74. The van der Waals surface area contributed by atoms with Crippen molar-refractivity contribution >= 4 is 75.8 Å². The van der Waals surface area contributed by atoms with E-state index in [0.29, 0.717) is 10.6 Å². The summed E-state index contributed by atoms with van der Waals surface area (Å²) in [7, 11) is 0. The number of hydrogen-bond donors (Lipinski definition) is 3. The molecule has 2 aliphatic heterocycles. The van der Waals surface area contributed by atoms with Gasteiger partial charge in [-0.25, -0.2) is 4.90 Å². The summed E-state index contributed by atoms with van der Waals surface area (Å²) in [6, 6.07) is 6.13. The van der Waals surface area contributed by atoms with E-state index in [1.165, 1.54) is 24.3 Å². The SMILES string of the molecule is Cc1ccc(N2C(=O)C3C(c4cc(Cl)cc(Cl)c4Cl)NC(CC(=O)O)(C(=O)O)C3C2=O)cc1Cl. The number of fused-ring (bicyclic) bond motifs is 1. The highest BCUT2D eigenvalue weighted by molar-refractivity contribution is 6.43. The van der Waals surface area contributed by atoms with Gasteiger partial charge in [-0.1, -0.05) is 52.5 Å². The predicted octanol–water partition coefficient (Wildman–Crippen LogP) is 4.36. The highest BCUT2D eigenvalue weighted by atomic mass is 35.5. The number of carboxylic acids is 2. The van der Waals surface area contributed by atoms with Gasteiger partial charge in [0.15, 0.2) is 0 Å². The maximum absolute atomic E-state index is 13.6. The first-order valence-corrected chi connectivity index (χ1v) is 11.4. The number of anilines is 1. The standard InChI is InChI=1S/C22H16Cl4N2O6/c1-8-2-3-10(6-12(8)24)28-19(31)15-16(20(28)32)22(21(33)34,7-14(29)30)27-18(15)11-4-9(23)5-13(25)17(11)26/h2-6,15-16,18,27H,7H2,1H3,(H,29,30)(H,33,34). The fourth-order valence-corrected chi connectivity index (χ4v) is 5.63. The molecule has 2 aromatic rings. The molecule has 0 radical (unpaired) electrons. The number of benzene rings is 2. The molecule has 4 atom stereocenters. The number of hydrogen-bond acceptors (Lipinski definition) is 5. The molecule has 2 amide bonds. The molecule has 4 rings (SSSR count). The van der Waals surface area contributed by atoms with Crippen LogP contribution in [0, 0.1) is 18.8 Å². The number of rotatable bonds is 5. The smallest absolute Gasteiger partial charge is 0.325 e. The van der Waals surface area contributed by atoms with Crippen molar-refractivity contribution in [2.45, 2.75) is 24.9 Å². The molecule has 8 nitrogen and oxygen atoms in total. The van der Waals surface area contributed by atoms with Crippen LogP contribution in [0.5, 0.6) is 0 Å². The topological polar surface area (TPSA) is 124 Å². The van der Waals surface area contributed by atoms with Gasteiger partial charge in [-0.3, -0.25) is 24.5 Å². The third-order valence-electron chi connectivity index (χ3n) is 6.24. The number of carbonyl (C=O) groups is 4. The first kappa shape index (κ1) is 24.8. The Morgan fingerprint density at radius 2 is 1.71 bits per heavy atom. The van der Waals surface area contributed by atoms with Crippen LogP contribution in [0.1, 0.15) is 23.6 Å². The highest BCUT2D eigenvalue weighted by Crippen LogP contribution is 2.53. The van der Waals surface area contributed by atoms with Gasteiger partial charge in [0, 0.05) is 16.1 Å². The van der Waals surface area contributed by atoms with Crippen LogP contribution in [0.25, 0.3) is 0 Å². The number of aryl methyl sites for hydroxylation is 1. The molecule has 2 saturated heterocycles. The molecule has 178 valence electrons. The van der Waals surface area contributed by atoms with Gasteiger partial charge in [0.25, 0.3) is 0 Å². The van der Waals surface area contributed by atoms with Crippen LogP contribution in [0.15, 0.2) is 30.3 Å². The number of nitrogens with one attached hydrogen (secondary N) is 1. The van der Waals surface area contributed by atoms with E-state index in [-0.39, 0.29) is 26.3 Å². The average molecular weight is 546 g/mol. The first-order chi connectivity index (χ1) is 15.9. The Bertz CT molecular complexity index is 1270. The molecule has 4 unspecified atom stereocenters. The molecular weight excluding hydrogens is 530 g/mol. The molecule has 0 saturated carbocycles. The van der Waals surface area contributed by atoms with Gasteiger partial charge in [0.2, 0.25) is 11.8 Å². The van der Waals surface area contributed by atoms with Crippen LogP contribution in [0.2, 0.25) is 20.1 Å². The lowest BCUT2D eigenvalue weighted by atomic mass is 9.77. The second kappa shape index (κ2) is 8.70. The van der Waals surface area contributed by atoms with Crippen LogP contribution in [0.3, 0.4) is 0 Å². The van der Waals surface area contributed by atoms with Crippen LogP contribution in [-0.2, 0) is 19.2 Å². The van der Waals surface area contributed by atoms with Crippen LogP contribution in [0.4, 0.5) is 5.69 Å². The number of imide groups is 1. The van der Waals surface area contributed by atoms with Crippen molar-refractivity contribution in [3.05, 3.63) is 61.5 Å². The Balaban J connectivity index is 1.93. The van der Waals surface area contributed by atoms with Crippen molar-refractivity contribution in [1.82, 2.24) is 5.32 Å². The van der Waals surface area contributed by atoms with Crippen LogP contribution >= 0.6 is 46.4 Å². The molecule has 0 bridgehead atoms. The van der Waals surface area contributed by atoms with Gasteiger partial charge in [-0.2, -0.15) is 0 Å². The lowest BCUT2D eigenvalue weighted by Crippen LogP contribution is -2.57. The van der Waals surface area contributed by atoms with Crippen molar-refractivity contribution < 1.29 is 29.4 Å². The van der Waals surface area contributed by atoms with Crippen molar-refractivity contribution in [1.29, 1.82) is 0 Å². The fourth-order valence-electron chi connectivity index (χ4n) is 4.72. The zero-order valence-corrected chi connectivity index (χ0v) is 20.3. The minimum absolute atomic E-state index is 0.00379. The second-order valence-corrected chi connectivity index (χ2v) is 9.84. The number of amides is 2. The summed E-state index contributed by atoms with van der Waals surface area (Å²) >= 11 is 24.8. The number of aliphatic carboxylic acids is 2. The number of nitrogens with zero attached hydrogens (tertiary/aromatic N) is 1. The highest BCUT2D eigenvalue weighted by Gasteiger charge is 2.69. The Hall–Kier alpha value is -2.36. The number of carboxylic acid groups (broad SMARTS) is 2. The van der Waals surface area contributed by atoms with E-state index in [1.54, 1.807) is 13.0 Å². The zero-order chi connectivity index (χ0) is 25.1. The minimum Gasteiger partial charge on any atom is -0.481 e. The minimum atomic E-state index is -2.30. The predicted molar refractivity (Wildman–Crippen MR) is 126 cm³/mol. The number of halogens is 4. The molecular formula is C22H16Cl4N2O6. The Morgan fingerprint density at radius 1 is 1.03 bits per heavy atom. The van der Waals surface area contributed by atoms with Gasteiger partial charge in [-0.15, -0.1) is 0 Å². The third-order valence-corrected chi connectivity index (χ3v) is 7.68. The molecule has 0 spiro atoms. The Kier molecular flexibility index (Phi) is 6.33. The maximum atomic E-state index is 13.6.